The van der Waals surface area contributed by atoms with Gasteiger partial charge in [0.25, 0.3) is 0 Å². The molecule has 4 aliphatic rings. The van der Waals surface area contributed by atoms with Crippen molar-refractivity contribution in [3.63, 3.8) is 0 Å². The van der Waals surface area contributed by atoms with Gasteiger partial charge < -0.3 is 4.74 Å². The number of ether oxygens (including phenoxy) is 1. The fraction of sp³-hybridized carbons (Fsp3) is 0.818. The molecule has 0 aromatic rings. The molecular weight excluding hydrogens is 312 g/mol. The summed E-state index contributed by atoms with van der Waals surface area (Å²) < 4.78 is 5.16. The maximum atomic E-state index is 12.6. The van der Waals surface area contributed by atoms with Crippen LogP contribution in [0.5, 0.6) is 0 Å². The Bertz CT molecular complexity index is 621. The van der Waals surface area contributed by atoms with Gasteiger partial charge in [0.1, 0.15) is 6.61 Å². The van der Waals surface area contributed by atoms with Crippen molar-refractivity contribution in [1.29, 1.82) is 0 Å². The molecule has 0 heterocycles. The van der Waals surface area contributed by atoms with Crippen LogP contribution in [0, 0.1) is 34.5 Å². The van der Waals surface area contributed by atoms with Gasteiger partial charge >= 0.3 is 0 Å². The molecule has 3 heteroatoms. The molecule has 0 radical (unpaired) electrons. The predicted molar refractivity (Wildman–Crippen MR) is 97.1 cm³/mol. The summed E-state index contributed by atoms with van der Waals surface area (Å²) in [5.74, 6) is 2.95. The van der Waals surface area contributed by atoms with Crippen molar-refractivity contribution in [3.8, 4) is 0 Å². The molecule has 4 aliphatic carbocycles. The number of ketones is 2. The summed E-state index contributed by atoms with van der Waals surface area (Å²) >= 11 is 0. The van der Waals surface area contributed by atoms with Crippen LogP contribution in [0.2, 0.25) is 0 Å². The average molecular weight is 344 g/mol. The molecule has 0 saturated heterocycles. The molecule has 0 aromatic heterocycles. The summed E-state index contributed by atoms with van der Waals surface area (Å²) in [7, 11) is 1.63. The van der Waals surface area contributed by atoms with Gasteiger partial charge in [-0.15, -0.1) is 0 Å². The first-order chi connectivity index (χ1) is 11.9. The smallest absolute Gasteiger partial charge is 0.162 e. The van der Waals surface area contributed by atoms with Gasteiger partial charge in [-0.3, -0.25) is 9.59 Å². The fourth-order valence-corrected chi connectivity index (χ4v) is 7.33. The summed E-state index contributed by atoms with van der Waals surface area (Å²) in [4.78, 5) is 24.5. The highest BCUT2D eigenvalue weighted by molar-refractivity contribution is 5.91. The molecule has 0 aliphatic heterocycles. The van der Waals surface area contributed by atoms with Gasteiger partial charge in [-0.1, -0.05) is 19.4 Å². The van der Waals surface area contributed by atoms with Gasteiger partial charge in [0.2, 0.25) is 0 Å². The molecular formula is C22H32O3. The number of fused-ring (bicyclic) bond motifs is 5. The lowest BCUT2D eigenvalue weighted by atomic mass is 9.46. The van der Waals surface area contributed by atoms with Crippen molar-refractivity contribution in [2.75, 3.05) is 13.7 Å². The molecule has 0 N–H and O–H groups in total. The molecule has 3 nitrogen and oxygen atoms in total. The lowest BCUT2D eigenvalue weighted by Gasteiger charge is -2.58. The normalized spacial score (nSPS) is 46.0. The molecule has 0 spiro atoms. The second-order valence-electron chi connectivity index (χ2n) is 9.54. The summed E-state index contributed by atoms with van der Waals surface area (Å²) in [6.07, 6.45) is 10.7. The molecule has 25 heavy (non-hydrogen) atoms. The van der Waals surface area contributed by atoms with E-state index in [1.165, 1.54) is 24.8 Å². The number of hydrogen-bond donors (Lipinski definition) is 0. The number of carbonyl (C=O) groups excluding carboxylic acids is 2. The Kier molecular flexibility index (Phi) is 4.22. The second-order valence-corrected chi connectivity index (χ2v) is 9.54. The first-order valence-electron chi connectivity index (χ1n) is 10.2. The Labute approximate surface area is 151 Å². The van der Waals surface area contributed by atoms with Gasteiger partial charge in [-0.2, -0.15) is 0 Å². The second kappa shape index (κ2) is 6.04. The third-order valence-corrected chi connectivity index (χ3v) is 8.64. The van der Waals surface area contributed by atoms with E-state index in [1.54, 1.807) is 7.11 Å². The van der Waals surface area contributed by atoms with E-state index >= 15 is 0 Å². The van der Waals surface area contributed by atoms with Crippen LogP contribution in [0.3, 0.4) is 0 Å². The minimum atomic E-state index is 0.166. The molecule has 1 unspecified atom stereocenters. The summed E-state index contributed by atoms with van der Waals surface area (Å²) in [6, 6.07) is 0. The summed E-state index contributed by atoms with van der Waals surface area (Å²) in [5.41, 5.74) is 1.82. The van der Waals surface area contributed by atoms with E-state index in [4.69, 9.17) is 4.74 Å². The minimum absolute atomic E-state index is 0.166. The van der Waals surface area contributed by atoms with Crippen molar-refractivity contribution in [1.82, 2.24) is 0 Å². The van der Waals surface area contributed by atoms with Crippen molar-refractivity contribution in [2.24, 2.45) is 34.5 Å². The Balaban J connectivity index is 1.61. The summed E-state index contributed by atoms with van der Waals surface area (Å²) in [6.45, 7) is 5.08. The largest absolute Gasteiger partial charge is 0.377 e. The zero-order valence-electron chi connectivity index (χ0n) is 16.0. The van der Waals surface area contributed by atoms with Crippen LogP contribution in [0.1, 0.15) is 65.2 Å². The van der Waals surface area contributed by atoms with Crippen LogP contribution < -0.4 is 0 Å². The molecule has 3 fully saturated rings. The molecule has 0 aromatic carbocycles. The van der Waals surface area contributed by atoms with E-state index in [-0.39, 0.29) is 23.4 Å². The SMILES string of the molecule is COCC(=O)[C@H]1CC[C@H]2[C@@H]3CCC4=CC(=O)CC[C@]4(C)C3CC[C@]12C. The molecule has 0 amide bonds. The van der Waals surface area contributed by atoms with Crippen LogP contribution in [0.25, 0.3) is 0 Å². The van der Waals surface area contributed by atoms with E-state index in [0.717, 1.165) is 38.0 Å². The Morgan fingerprint density at radius 3 is 2.68 bits per heavy atom. The van der Waals surface area contributed by atoms with Crippen LogP contribution in [-0.2, 0) is 14.3 Å². The lowest BCUT2D eigenvalue weighted by Crippen LogP contribution is -2.51. The Hall–Kier alpha value is -0.960. The maximum Gasteiger partial charge on any atom is 0.162 e. The van der Waals surface area contributed by atoms with Gasteiger partial charge in [-0.05, 0) is 79.6 Å². The topological polar surface area (TPSA) is 43.4 Å². The minimum Gasteiger partial charge on any atom is -0.377 e. The number of rotatable bonds is 3. The maximum absolute atomic E-state index is 12.6. The van der Waals surface area contributed by atoms with Gasteiger partial charge in [0.05, 0.1) is 0 Å². The van der Waals surface area contributed by atoms with E-state index in [2.05, 4.69) is 13.8 Å². The number of hydrogen-bond acceptors (Lipinski definition) is 3. The van der Waals surface area contributed by atoms with Crippen molar-refractivity contribution in [3.05, 3.63) is 11.6 Å². The standard InChI is InChI=1S/C22H32O3/c1-21-10-8-15(23)12-14(21)4-5-16-17-6-7-19(20(24)13-25-3)22(17,2)11-9-18(16)21/h12,16-19H,4-11,13H2,1-3H3/t16-,17-,18?,19+,21-,22-/m0/s1. The fourth-order valence-electron chi connectivity index (χ4n) is 7.33. The molecule has 6 atom stereocenters. The van der Waals surface area contributed by atoms with Crippen LogP contribution in [0.4, 0.5) is 0 Å². The molecule has 138 valence electrons. The van der Waals surface area contributed by atoms with E-state index < -0.39 is 0 Å². The van der Waals surface area contributed by atoms with Crippen molar-refractivity contribution in [2.45, 2.75) is 65.2 Å². The Morgan fingerprint density at radius 1 is 1.12 bits per heavy atom. The van der Waals surface area contributed by atoms with E-state index in [1.807, 2.05) is 6.08 Å². The predicted octanol–water partition coefficient (Wildman–Crippen LogP) is 4.35. The average Bonchev–Trinajstić information content (AvgIpc) is 2.93. The molecule has 3 saturated carbocycles. The number of carbonyl (C=O) groups is 2. The molecule has 4 rings (SSSR count). The van der Waals surface area contributed by atoms with Crippen LogP contribution in [0.15, 0.2) is 11.6 Å². The lowest BCUT2D eigenvalue weighted by molar-refractivity contribution is -0.134. The van der Waals surface area contributed by atoms with Gasteiger partial charge in [0, 0.05) is 19.4 Å². The van der Waals surface area contributed by atoms with Gasteiger partial charge in [-0.25, -0.2) is 0 Å². The number of Topliss-reactive ketones (excluding diaryl/α,β-unsaturated/α-hetero) is 1. The Morgan fingerprint density at radius 2 is 1.92 bits per heavy atom. The first-order valence-corrected chi connectivity index (χ1v) is 10.2. The third-order valence-electron chi connectivity index (χ3n) is 8.64. The zero-order valence-corrected chi connectivity index (χ0v) is 16.0. The van der Waals surface area contributed by atoms with Crippen molar-refractivity contribution < 1.29 is 14.3 Å². The number of methoxy groups -OCH3 is 1. The zero-order chi connectivity index (χ0) is 17.8. The van der Waals surface area contributed by atoms with Gasteiger partial charge in [0.15, 0.2) is 11.6 Å². The highest BCUT2D eigenvalue weighted by Crippen LogP contribution is 2.66. The van der Waals surface area contributed by atoms with Crippen LogP contribution >= 0.6 is 0 Å². The van der Waals surface area contributed by atoms with E-state index in [0.29, 0.717) is 23.4 Å². The quantitative estimate of drug-likeness (QED) is 0.764. The van der Waals surface area contributed by atoms with Crippen molar-refractivity contribution >= 4 is 11.6 Å². The first kappa shape index (κ1) is 17.5. The number of allylic oxidation sites excluding steroid dienone is 1. The monoisotopic (exact) mass is 344 g/mol. The third kappa shape index (κ3) is 2.49. The molecule has 0 bridgehead atoms. The van der Waals surface area contributed by atoms with E-state index in [9.17, 15) is 9.59 Å². The van der Waals surface area contributed by atoms with Crippen LogP contribution in [-0.4, -0.2) is 25.3 Å². The highest BCUT2D eigenvalue weighted by atomic mass is 16.5. The summed E-state index contributed by atoms with van der Waals surface area (Å²) in [5, 5.41) is 0. The highest BCUT2D eigenvalue weighted by Gasteiger charge is 2.59.